The summed E-state index contributed by atoms with van der Waals surface area (Å²) in [6, 6.07) is 3.95. The van der Waals surface area contributed by atoms with Crippen LogP contribution in [-0.2, 0) is 20.8 Å². The van der Waals surface area contributed by atoms with Crippen molar-refractivity contribution in [3.8, 4) is 11.5 Å². The van der Waals surface area contributed by atoms with Crippen molar-refractivity contribution in [1.82, 2.24) is 10.6 Å². The Kier molecular flexibility index (Phi) is 11.2. The van der Waals surface area contributed by atoms with Gasteiger partial charge in [0, 0.05) is 12.0 Å². The lowest BCUT2D eigenvalue weighted by atomic mass is 9.91. The van der Waals surface area contributed by atoms with E-state index in [0.717, 1.165) is 24.0 Å². The fourth-order valence-electron chi connectivity index (χ4n) is 3.20. The molecule has 8 heteroatoms. The van der Waals surface area contributed by atoms with Crippen molar-refractivity contribution in [2.45, 2.75) is 59.3 Å². The van der Waals surface area contributed by atoms with E-state index in [4.69, 9.17) is 14.6 Å². The summed E-state index contributed by atoms with van der Waals surface area (Å²) in [7, 11) is 3.22. The molecule has 1 aliphatic heterocycles. The van der Waals surface area contributed by atoms with Gasteiger partial charge in [-0.15, -0.1) is 0 Å². The van der Waals surface area contributed by atoms with Gasteiger partial charge in [0.15, 0.2) is 11.5 Å². The average molecular weight is 435 g/mol. The molecule has 0 spiro atoms. The fraction of sp³-hybridized carbons (Fsp3) is 0.522. The van der Waals surface area contributed by atoms with Gasteiger partial charge in [0.2, 0.25) is 0 Å². The van der Waals surface area contributed by atoms with Crippen LogP contribution in [-0.4, -0.2) is 37.1 Å². The number of unbranched alkanes of at least 4 members (excludes halogenated alkanes) is 1. The summed E-state index contributed by atoms with van der Waals surface area (Å²) in [5, 5.41) is 12.7. The highest BCUT2D eigenvalue weighted by Crippen LogP contribution is 2.37. The zero-order valence-electron chi connectivity index (χ0n) is 19.0. The number of nitrogens with one attached hydrogen (secondary N) is 2. The van der Waals surface area contributed by atoms with Gasteiger partial charge in [0.05, 0.1) is 14.2 Å². The van der Waals surface area contributed by atoms with E-state index in [0.29, 0.717) is 23.2 Å². The third kappa shape index (κ3) is 7.96. The van der Waals surface area contributed by atoms with Crippen LogP contribution in [0, 0.1) is 5.92 Å². The molecule has 1 atom stereocenters. The van der Waals surface area contributed by atoms with E-state index >= 15 is 0 Å². The molecular weight excluding hydrogens is 400 g/mol. The first-order valence-electron chi connectivity index (χ1n) is 10.6. The van der Waals surface area contributed by atoms with Gasteiger partial charge in [-0.2, -0.15) is 0 Å². The predicted molar refractivity (Wildman–Crippen MR) is 119 cm³/mol. The van der Waals surface area contributed by atoms with Crippen LogP contribution in [0.3, 0.4) is 0 Å². The van der Waals surface area contributed by atoms with E-state index in [1.54, 1.807) is 27.2 Å². The van der Waals surface area contributed by atoms with Gasteiger partial charge in [-0.3, -0.25) is 14.4 Å². The molecule has 1 heterocycles. The van der Waals surface area contributed by atoms with Crippen LogP contribution in [0.25, 0.3) is 6.08 Å². The van der Waals surface area contributed by atoms with Crippen molar-refractivity contribution in [1.29, 1.82) is 0 Å². The van der Waals surface area contributed by atoms with Crippen LogP contribution < -0.4 is 20.1 Å². The Morgan fingerprint density at radius 1 is 1.06 bits per heavy atom. The third-order valence-electron chi connectivity index (χ3n) is 4.99. The molecule has 1 aromatic rings. The molecule has 2 rings (SSSR count). The number of carbonyl (C=O) groups is 3. The standard InChI is InChI=1S/C20H28N2O4.C3H6O2/c1-5-7-8-13(6-2)11-14-9-10-15(18(26-4)17(14)25-3)12-16-21-19(23)20(24)22-16;1-2-3(4)5/h9-10,12-13H,5-8,11H2,1-4H3,(H,21,23)(H,22,24);2H2,1H3,(H,4,5). The molecule has 31 heavy (non-hydrogen) atoms. The Labute approximate surface area is 184 Å². The molecule has 0 radical (unpaired) electrons. The van der Waals surface area contributed by atoms with Crippen LogP contribution in [0.1, 0.15) is 64.0 Å². The summed E-state index contributed by atoms with van der Waals surface area (Å²) >= 11 is 0. The van der Waals surface area contributed by atoms with E-state index in [9.17, 15) is 14.4 Å². The number of aliphatic carboxylic acids is 1. The molecule has 1 fully saturated rings. The SMILES string of the molecule is CCC(=O)O.CCCCC(CC)Cc1ccc(C=C2NC(=O)C(=O)N2)c(OC)c1OC. The Bertz CT molecular complexity index is 786. The van der Waals surface area contributed by atoms with E-state index in [1.165, 1.54) is 19.3 Å². The lowest BCUT2D eigenvalue weighted by Crippen LogP contribution is -2.19. The molecule has 3 N–H and O–H groups in total. The summed E-state index contributed by atoms with van der Waals surface area (Å²) in [6.07, 6.45) is 7.56. The van der Waals surface area contributed by atoms with Crippen LogP contribution in [0.2, 0.25) is 0 Å². The molecular formula is C23H34N2O6. The Balaban J connectivity index is 0.000000861. The smallest absolute Gasteiger partial charge is 0.315 e. The van der Waals surface area contributed by atoms with Gasteiger partial charge in [-0.05, 0) is 24.0 Å². The molecule has 0 aliphatic carbocycles. The van der Waals surface area contributed by atoms with Gasteiger partial charge in [0.25, 0.3) is 0 Å². The van der Waals surface area contributed by atoms with Crippen LogP contribution in [0.4, 0.5) is 0 Å². The molecule has 1 unspecified atom stereocenters. The molecule has 172 valence electrons. The minimum atomic E-state index is -0.745. The summed E-state index contributed by atoms with van der Waals surface area (Å²) in [5.41, 5.74) is 1.83. The highest BCUT2D eigenvalue weighted by Gasteiger charge is 2.25. The first-order chi connectivity index (χ1) is 14.8. The topological polar surface area (TPSA) is 114 Å². The van der Waals surface area contributed by atoms with Gasteiger partial charge < -0.3 is 25.2 Å². The number of methoxy groups -OCH3 is 2. The first-order valence-corrected chi connectivity index (χ1v) is 10.6. The van der Waals surface area contributed by atoms with Gasteiger partial charge in [-0.1, -0.05) is 58.6 Å². The lowest BCUT2D eigenvalue weighted by molar-refractivity contribution is -0.136. The highest BCUT2D eigenvalue weighted by molar-refractivity contribution is 6.38. The third-order valence-corrected chi connectivity index (χ3v) is 4.99. The molecule has 0 bridgehead atoms. The van der Waals surface area contributed by atoms with Gasteiger partial charge in [0.1, 0.15) is 5.82 Å². The van der Waals surface area contributed by atoms with Crippen molar-refractivity contribution in [3.05, 3.63) is 29.1 Å². The largest absolute Gasteiger partial charge is 0.493 e. The van der Waals surface area contributed by atoms with E-state index in [1.807, 2.05) is 12.1 Å². The van der Waals surface area contributed by atoms with Crippen molar-refractivity contribution in [2.75, 3.05) is 14.2 Å². The highest BCUT2D eigenvalue weighted by atomic mass is 16.5. The van der Waals surface area contributed by atoms with Gasteiger partial charge in [-0.25, -0.2) is 0 Å². The van der Waals surface area contributed by atoms with Crippen molar-refractivity contribution in [3.63, 3.8) is 0 Å². The fourth-order valence-corrected chi connectivity index (χ4v) is 3.20. The number of hydrogen-bond donors (Lipinski definition) is 3. The Morgan fingerprint density at radius 3 is 2.10 bits per heavy atom. The predicted octanol–water partition coefficient (Wildman–Crippen LogP) is 3.49. The van der Waals surface area contributed by atoms with Gasteiger partial charge >= 0.3 is 17.8 Å². The number of benzene rings is 1. The number of carbonyl (C=O) groups excluding carboxylic acids is 2. The Morgan fingerprint density at radius 2 is 1.65 bits per heavy atom. The second-order valence-corrected chi connectivity index (χ2v) is 7.21. The van der Waals surface area contributed by atoms with E-state index in [2.05, 4.69) is 24.5 Å². The first kappa shape index (κ1) is 26.0. The zero-order valence-corrected chi connectivity index (χ0v) is 19.0. The molecule has 0 aromatic heterocycles. The van der Waals surface area contributed by atoms with Crippen molar-refractivity contribution in [2.24, 2.45) is 5.92 Å². The van der Waals surface area contributed by atoms with E-state index < -0.39 is 17.8 Å². The normalized spacial score (nSPS) is 13.5. The monoisotopic (exact) mass is 434 g/mol. The zero-order chi connectivity index (χ0) is 23.4. The minimum absolute atomic E-state index is 0.222. The maximum absolute atomic E-state index is 11.3. The maximum Gasteiger partial charge on any atom is 0.315 e. The number of carboxylic acid groups (broad SMARTS) is 1. The number of ether oxygens (including phenoxy) is 2. The average Bonchev–Trinajstić information content (AvgIpc) is 3.08. The summed E-state index contributed by atoms with van der Waals surface area (Å²) in [4.78, 5) is 32.0. The molecule has 1 aliphatic rings. The second-order valence-electron chi connectivity index (χ2n) is 7.21. The summed E-state index contributed by atoms with van der Waals surface area (Å²) in [5.74, 6) is 0.158. The van der Waals surface area contributed by atoms with Crippen LogP contribution in [0.5, 0.6) is 11.5 Å². The number of rotatable bonds is 10. The van der Waals surface area contributed by atoms with Crippen molar-refractivity contribution >= 4 is 23.9 Å². The number of amides is 2. The molecule has 2 amide bonds. The molecule has 1 saturated heterocycles. The van der Waals surface area contributed by atoms with Crippen LogP contribution >= 0.6 is 0 Å². The minimum Gasteiger partial charge on any atom is -0.493 e. The molecule has 1 aromatic carbocycles. The van der Waals surface area contributed by atoms with Crippen molar-refractivity contribution < 1.29 is 29.0 Å². The Hall–Kier alpha value is -3.03. The number of carboxylic acids is 1. The summed E-state index contributed by atoms with van der Waals surface area (Å²) in [6.45, 7) is 6.02. The molecule has 8 nitrogen and oxygen atoms in total. The summed E-state index contributed by atoms with van der Waals surface area (Å²) < 4.78 is 11.2. The maximum atomic E-state index is 11.3. The van der Waals surface area contributed by atoms with E-state index in [-0.39, 0.29) is 6.42 Å². The van der Waals surface area contributed by atoms with Crippen LogP contribution in [0.15, 0.2) is 18.0 Å². The lowest BCUT2D eigenvalue weighted by Gasteiger charge is -2.19. The second kappa shape index (κ2) is 13.3. The number of hydrogen-bond acceptors (Lipinski definition) is 5. The quantitative estimate of drug-likeness (QED) is 0.486. The molecule has 0 saturated carbocycles.